The molecule has 11 rings (SSSR count). The Labute approximate surface area is 331 Å². The van der Waals surface area contributed by atoms with Gasteiger partial charge in [-0.05, 0) is 91.3 Å². The van der Waals surface area contributed by atoms with Crippen molar-refractivity contribution in [2.24, 2.45) is 0 Å². The topological polar surface area (TPSA) is 25.8 Å². The van der Waals surface area contributed by atoms with Crippen molar-refractivity contribution in [2.45, 2.75) is 6.92 Å². The van der Waals surface area contributed by atoms with Gasteiger partial charge in [-0.3, -0.25) is 0 Å². The molecule has 0 unspecified atom stereocenters. The van der Waals surface area contributed by atoms with Gasteiger partial charge in [-0.15, -0.1) is 22.7 Å². The van der Waals surface area contributed by atoms with Crippen LogP contribution in [0.2, 0.25) is 0 Å². The van der Waals surface area contributed by atoms with Gasteiger partial charge in [0.05, 0.1) is 44.7 Å². The number of rotatable bonds is 3. The third-order valence-corrected chi connectivity index (χ3v) is 11.3. The molecule has 8 aromatic carbocycles. The quantitative estimate of drug-likeness (QED) is 0.171. The molecule has 0 N–H and O–H groups in total. The van der Waals surface area contributed by atoms with E-state index in [4.69, 9.17) is 21.9 Å². The lowest BCUT2D eigenvalue weighted by atomic mass is 9.92. The molecular weight excluding hydrogens is 657 g/mol. The SMILES string of the molecule is [2H]c1c([2H])c(-c2ncnc3c2sc2ccc(-c4c([2H])c([2H])c5c6c([2H])c([2H])c([2H])c([2H])c6c6c([2H])c([2H])c([2H])c([2H])c6c5c4[2H])cc23)c(C)c(-c2c([2H])c([2H])c([2H])c3c2sc2c([2H])c([2H])c([2H])c([2H])c23)c1[2H]. The molecule has 0 aliphatic carbocycles. The molecule has 51 heavy (non-hydrogen) atoms. The molecule has 0 aliphatic rings. The zero-order valence-electron chi connectivity index (χ0n) is 47.0. The van der Waals surface area contributed by atoms with Crippen LogP contribution in [0.5, 0.6) is 0 Å². The number of fused-ring (bicyclic) bond motifs is 12. The first kappa shape index (κ1) is 15.1. The van der Waals surface area contributed by atoms with Crippen molar-refractivity contribution in [3.63, 3.8) is 0 Å². The third-order valence-electron chi connectivity index (χ3n) is 9.02. The fourth-order valence-electron chi connectivity index (χ4n) is 6.67. The van der Waals surface area contributed by atoms with E-state index >= 15 is 0 Å². The summed E-state index contributed by atoms with van der Waals surface area (Å²) in [6.45, 7) is 1.56. The van der Waals surface area contributed by atoms with Gasteiger partial charge in [0.15, 0.2) is 0 Å². The van der Waals surface area contributed by atoms with Crippen LogP contribution in [0.25, 0.3) is 106 Å². The van der Waals surface area contributed by atoms with Crippen molar-refractivity contribution in [2.75, 3.05) is 0 Å². The Kier molecular flexibility index (Phi) is 3.27. The average Bonchev–Trinajstić information content (AvgIpc) is 3.95. The van der Waals surface area contributed by atoms with Gasteiger partial charge in [-0.2, -0.15) is 0 Å². The van der Waals surface area contributed by atoms with Gasteiger partial charge >= 0.3 is 0 Å². The zero-order valence-corrected chi connectivity index (χ0v) is 27.7. The molecule has 0 fully saturated rings. The number of aromatic nitrogens is 2. The Hall–Kier alpha value is -5.94. The molecule has 0 atom stereocenters. The smallest absolute Gasteiger partial charge is 0.116 e. The van der Waals surface area contributed by atoms with Crippen LogP contribution in [0.1, 0.15) is 34.3 Å². The molecule has 0 spiro atoms. The molecule has 0 radical (unpaired) electrons. The standard InChI is InChI=1S/C47H28N2S2/c1-27-30(38-17-9-18-39-37-14-6-7-19-42(37)50-46(38)39)15-8-16-31(27)44-47-45(49-26-48-44)41-25-29(21-23-43(41)51-47)28-20-22-36-34-12-3-2-10-32(34)33-11-4-5-13-35(33)40(36)24-28/h2-26H,1H3/i2D,3D,4D,5D,6D,7D,8D,9D,10D,11D,12D,13D,14D,15D,16D,17D,18D,19D,20D,22D,24D. The second-order valence-electron chi connectivity index (χ2n) is 11.7. The summed E-state index contributed by atoms with van der Waals surface area (Å²) >= 11 is 2.07. The summed E-state index contributed by atoms with van der Waals surface area (Å²) in [5, 5.41) is -1.12. The molecule has 238 valence electrons. The highest BCUT2D eigenvalue weighted by Crippen LogP contribution is 2.45. The van der Waals surface area contributed by atoms with E-state index < -0.39 is 121 Å². The first-order valence-corrected chi connectivity index (χ1v) is 17.2. The predicted octanol–water partition coefficient (Wildman–Crippen LogP) is 14.0. The molecule has 3 heterocycles. The summed E-state index contributed by atoms with van der Waals surface area (Å²) < 4.78 is 188. The second kappa shape index (κ2) is 11.0. The number of hydrogen-bond donors (Lipinski definition) is 0. The van der Waals surface area contributed by atoms with Crippen LogP contribution >= 0.6 is 22.7 Å². The summed E-state index contributed by atoms with van der Waals surface area (Å²) in [6.07, 6.45) is 1.22. The minimum atomic E-state index is -0.677. The highest BCUT2D eigenvalue weighted by atomic mass is 32.1. The Bertz CT molecular complexity index is 4390. The maximum atomic E-state index is 9.71. The fourth-order valence-corrected chi connectivity index (χ4v) is 8.87. The van der Waals surface area contributed by atoms with Crippen molar-refractivity contribution in [1.29, 1.82) is 0 Å². The van der Waals surface area contributed by atoms with Gasteiger partial charge < -0.3 is 0 Å². The molecule has 0 saturated carbocycles. The maximum absolute atomic E-state index is 9.71. The first-order valence-electron chi connectivity index (χ1n) is 26.0. The van der Waals surface area contributed by atoms with Crippen LogP contribution in [0.15, 0.2) is 151 Å². The van der Waals surface area contributed by atoms with Gasteiger partial charge in [0.2, 0.25) is 0 Å². The van der Waals surface area contributed by atoms with Gasteiger partial charge in [0, 0.05) is 35.8 Å². The normalized spacial score (nSPS) is 17.8. The monoisotopic (exact) mass is 705 g/mol. The lowest BCUT2D eigenvalue weighted by Crippen LogP contribution is -1.92. The molecule has 2 nitrogen and oxygen atoms in total. The molecule has 0 bridgehead atoms. The second-order valence-corrected chi connectivity index (χ2v) is 13.8. The van der Waals surface area contributed by atoms with Gasteiger partial charge in [-0.25, -0.2) is 9.97 Å². The lowest BCUT2D eigenvalue weighted by Gasteiger charge is -2.13. The maximum Gasteiger partial charge on any atom is 0.116 e. The van der Waals surface area contributed by atoms with E-state index in [0.717, 1.165) is 11.3 Å². The van der Waals surface area contributed by atoms with Crippen LogP contribution in [0.3, 0.4) is 0 Å². The fraction of sp³-hybridized carbons (Fsp3) is 0.0213. The average molecular weight is 706 g/mol. The van der Waals surface area contributed by atoms with E-state index in [1.165, 1.54) is 17.7 Å². The Morgan fingerprint density at radius 3 is 1.90 bits per heavy atom. The Morgan fingerprint density at radius 2 is 1.10 bits per heavy atom. The van der Waals surface area contributed by atoms with E-state index in [2.05, 4.69) is 9.97 Å². The molecule has 11 aromatic rings. The van der Waals surface area contributed by atoms with E-state index in [0.29, 0.717) is 20.3 Å². The molecular formula is C47H28N2S2. The van der Waals surface area contributed by atoms with Crippen molar-refractivity contribution in [3.8, 4) is 33.5 Å². The Balaban J connectivity index is 1.18. The highest BCUT2D eigenvalue weighted by molar-refractivity contribution is 7.26. The summed E-state index contributed by atoms with van der Waals surface area (Å²) in [7, 11) is 0. The van der Waals surface area contributed by atoms with E-state index in [9.17, 15) is 6.85 Å². The number of hydrogen-bond acceptors (Lipinski definition) is 4. The number of nitrogens with zero attached hydrogens (tertiary/aromatic N) is 2. The molecule has 3 aromatic heterocycles. The van der Waals surface area contributed by atoms with Crippen LogP contribution in [0.4, 0.5) is 0 Å². The highest BCUT2D eigenvalue weighted by Gasteiger charge is 2.19. The van der Waals surface area contributed by atoms with Crippen LogP contribution in [-0.2, 0) is 0 Å². The summed E-state index contributed by atoms with van der Waals surface area (Å²) in [5.41, 5.74) is 0.717. The van der Waals surface area contributed by atoms with Crippen LogP contribution in [0, 0.1) is 6.92 Å². The minimum Gasteiger partial charge on any atom is -0.235 e. The summed E-state index contributed by atoms with van der Waals surface area (Å²) in [4.78, 5) is 9.18. The van der Waals surface area contributed by atoms with Crippen molar-refractivity contribution < 1.29 is 28.8 Å². The number of thiophene rings is 2. The summed E-state index contributed by atoms with van der Waals surface area (Å²) in [6, 6.07) is -6.64. The van der Waals surface area contributed by atoms with E-state index in [1.54, 1.807) is 25.1 Å². The first-order chi connectivity index (χ1) is 34.0. The molecule has 0 saturated heterocycles. The zero-order chi connectivity index (χ0) is 51.9. The third kappa shape index (κ3) is 4.27. The van der Waals surface area contributed by atoms with Crippen molar-refractivity contribution in [1.82, 2.24) is 9.97 Å². The van der Waals surface area contributed by atoms with Gasteiger partial charge in [-0.1, -0.05) is 121 Å². The summed E-state index contributed by atoms with van der Waals surface area (Å²) in [5.74, 6) is 0. The van der Waals surface area contributed by atoms with Crippen LogP contribution < -0.4 is 0 Å². The van der Waals surface area contributed by atoms with E-state index in [1.807, 2.05) is 0 Å². The van der Waals surface area contributed by atoms with Crippen molar-refractivity contribution >= 4 is 95.5 Å². The van der Waals surface area contributed by atoms with Gasteiger partial charge in [0.25, 0.3) is 0 Å². The lowest BCUT2D eigenvalue weighted by molar-refractivity contribution is 1.23. The molecule has 0 amide bonds. The number of benzene rings is 8. The van der Waals surface area contributed by atoms with Crippen LogP contribution in [-0.4, -0.2) is 9.97 Å². The van der Waals surface area contributed by atoms with E-state index in [-0.39, 0.29) is 97.6 Å². The minimum absolute atomic E-state index is 0.0148. The van der Waals surface area contributed by atoms with Gasteiger partial charge in [0.1, 0.15) is 6.33 Å². The van der Waals surface area contributed by atoms with Crippen molar-refractivity contribution in [3.05, 3.63) is 157 Å². The Morgan fingerprint density at radius 1 is 0.471 bits per heavy atom. The largest absolute Gasteiger partial charge is 0.235 e. The molecule has 0 aliphatic heterocycles. The molecule has 4 heteroatoms. The predicted molar refractivity (Wildman–Crippen MR) is 221 cm³/mol.